The Balaban J connectivity index is 1.38. The first-order valence-corrected chi connectivity index (χ1v) is 11.0. The van der Waals surface area contributed by atoms with Crippen LogP contribution in [-0.2, 0) is 15.8 Å². The lowest BCUT2D eigenvalue weighted by Gasteiger charge is -2.33. The lowest BCUT2D eigenvalue weighted by molar-refractivity contribution is 0.0697. The van der Waals surface area contributed by atoms with Gasteiger partial charge in [0.1, 0.15) is 0 Å². The second-order valence-electron chi connectivity index (χ2n) is 6.94. The third-order valence-corrected chi connectivity index (χ3v) is 6.81. The van der Waals surface area contributed by atoms with Gasteiger partial charge in [0.15, 0.2) is 0 Å². The van der Waals surface area contributed by atoms with Gasteiger partial charge in [-0.25, -0.2) is 13.1 Å². The predicted molar refractivity (Wildman–Crippen MR) is 110 cm³/mol. The number of sulfonamides is 1. The molecular weight excluding hydrogens is 388 g/mol. The number of benzene rings is 2. The van der Waals surface area contributed by atoms with Crippen LogP contribution in [0.4, 0.5) is 0 Å². The molecule has 150 valence electrons. The molecule has 0 radical (unpaired) electrons. The van der Waals surface area contributed by atoms with E-state index in [2.05, 4.69) is 5.10 Å². The zero-order valence-electron chi connectivity index (χ0n) is 15.9. The molecule has 0 atom stereocenters. The van der Waals surface area contributed by atoms with E-state index in [0.29, 0.717) is 31.7 Å². The maximum absolute atomic E-state index is 12.8. The molecule has 2 heterocycles. The van der Waals surface area contributed by atoms with Gasteiger partial charge in [0.25, 0.3) is 5.91 Å². The molecule has 4 rings (SSSR count). The predicted octanol–water partition coefficient (Wildman–Crippen LogP) is 2.16. The van der Waals surface area contributed by atoms with Crippen molar-refractivity contribution in [3.8, 4) is 5.69 Å². The van der Waals surface area contributed by atoms with E-state index in [0.717, 1.165) is 11.3 Å². The van der Waals surface area contributed by atoms with Crippen LogP contribution in [0.3, 0.4) is 0 Å². The van der Waals surface area contributed by atoms with Crippen LogP contribution in [0.5, 0.6) is 0 Å². The topological polar surface area (TPSA) is 75.5 Å². The van der Waals surface area contributed by atoms with Gasteiger partial charge in [-0.1, -0.05) is 48.5 Å². The minimum Gasteiger partial charge on any atom is -0.336 e. The Morgan fingerprint density at radius 2 is 1.52 bits per heavy atom. The maximum Gasteiger partial charge on any atom is 0.257 e. The minimum absolute atomic E-state index is 0.0222. The number of carbonyl (C=O) groups excluding carboxylic acids is 1. The standard InChI is InChI=1S/C21H22N4O3S/c26-21(19-15-22-25(16-19)20-9-5-2-6-10-20)23-11-13-24(14-12-23)29(27,28)17-18-7-3-1-4-8-18/h1-10,15-16H,11-14,17H2. The van der Waals surface area contributed by atoms with Gasteiger partial charge in [-0.15, -0.1) is 0 Å². The molecule has 2 aromatic carbocycles. The lowest BCUT2D eigenvalue weighted by Crippen LogP contribution is -2.50. The Morgan fingerprint density at radius 3 is 2.17 bits per heavy atom. The third-order valence-electron chi connectivity index (χ3n) is 4.96. The van der Waals surface area contributed by atoms with Crippen molar-refractivity contribution in [1.82, 2.24) is 19.0 Å². The molecule has 1 fully saturated rings. The summed E-state index contributed by atoms with van der Waals surface area (Å²) in [6, 6.07) is 18.7. The molecule has 0 unspecified atom stereocenters. The highest BCUT2D eigenvalue weighted by Gasteiger charge is 2.29. The van der Waals surface area contributed by atoms with Crippen LogP contribution in [-0.4, -0.2) is 59.5 Å². The van der Waals surface area contributed by atoms with Crippen molar-refractivity contribution in [2.45, 2.75) is 5.75 Å². The monoisotopic (exact) mass is 410 g/mol. The number of amides is 1. The molecule has 0 bridgehead atoms. The van der Waals surface area contributed by atoms with Gasteiger partial charge in [0, 0.05) is 32.4 Å². The van der Waals surface area contributed by atoms with Gasteiger partial charge in [-0.3, -0.25) is 4.79 Å². The fraction of sp³-hybridized carbons (Fsp3) is 0.238. The third kappa shape index (κ3) is 4.38. The van der Waals surface area contributed by atoms with Crippen molar-refractivity contribution >= 4 is 15.9 Å². The quantitative estimate of drug-likeness (QED) is 0.646. The molecule has 1 aromatic heterocycles. The molecule has 7 nitrogen and oxygen atoms in total. The van der Waals surface area contributed by atoms with Crippen LogP contribution < -0.4 is 0 Å². The van der Waals surface area contributed by atoms with E-state index in [9.17, 15) is 13.2 Å². The average Bonchev–Trinajstić information content (AvgIpc) is 3.25. The van der Waals surface area contributed by atoms with E-state index in [-0.39, 0.29) is 11.7 Å². The Morgan fingerprint density at radius 1 is 0.897 bits per heavy atom. The zero-order valence-corrected chi connectivity index (χ0v) is 16.7. The van der Waals surface area contributed by atoms with Gasteiger partial charge >= 0.3 is 0 Å². The number of aromatic nitrogens is 2. The van der Waals surface area contributed by atoms with E-state index < -0.39 is 10.0 Å². The molecule has 0 aliphatic carbocycles. The average molecular weight is 410 g/mol. The first-order chi connectivity index (χ1) is 14.0. The van der Waals surface area contributed by atoms with Crippen molar-refractivity contribution in [2.24, 2.45) is 0 Å². The summed E-state index contributed by atoms with van der Waals surface area (Å²) in [5.41, 5.74) is 2.14. The summed E-state index contributed by atoms with van der Waals surface area (Å²) in [7, 11) is -3.40. The van der Waals surface area contributed by atoms with Crippen LogP contribution >= 0.6 is 0 Å². The van der Waals surface area contributed by atoms with Crippen molar-refractivity contribution in [1.29, 1.82) is 0 Å². The highest BCUT2D eigenvalue weighted by Crippen LogP contribution is 2.16. The number of rotatable bonds is 5. The summed E-state index contributed by atoms with van der Waals surface area (Å²) in [4.78, 5) is 14.5. The second kappa shape index (κ2) is 8.18. The summed E-state index contributed by atoms with van der Waals surface area (Å²) < 4.78 is 28.5. The molecule has 8 heteroatoms. The van der Waals surface area contributed by atoms with Crippen molar-refractivity contribution in [3.63, 3.8) is 0 Å². The Bertz CT molecular complexity index is 1070. The lowest BCUT2D eigenvalue weighted by atomic mass is 10.2. The summed E-state index contributed by atoms with van der Waals surface area (Å²) in [5.74, 6) is -0.154. The Hall–Kier alpha value is -2.97. The summed E-state index contributed by atoms with van der Waals surface area (Å²) in [6.07, 6.45) is 3.25. The number of hydrogen-bond donors (Lipinski definition) is 0. The van der Waals surface area contributed by atoms with Crippen molar-refractivity contribution in [2.75, 3.05) is 26.2 Å². The first kappa shape index (κ1) is 19.4. The number of hydrogen-bond acceptors (Lipinski definition) is 4. The van der Waals surface area contributed by atoms with Crippen LogP contribution in [0.15, 0.2) is 73.1 Å². The van der Waals surface area contributed by atoms with E-state index in [1.54, 1.807) is 22.0 Å². The summed E-state index contributed by atoms with van der Waals surface area (Å²) in [5, 5.41) is 4.27. The van der Waals surface area contributed by atoms with E-state index in [1.807, 2.05) is 60.7 Å². The van der Waals surface area contributed by atoms with E-state index >= 15 is 0 Å². The molecule has 1 aliphatic heterocycles. The normalized spacial score (nSPS) is 15.4. The second-order valence-corrected chi connectivity index (χ2v) is 8.91. The van der Waals surface area contributed by atoms with Crippen LogP contribution in [0.2, 0.25) is 0 Å². The number of nitrogens with zero attached hydrogens (tertiary/aromatic N) is 4. The van der Waals surface area contributed by atoms with Gasteiger partial charge in [0.2, 0.25) is 10.0 Å². The zero-order chi connectivity index (χ0) is 20.3. The molecule has 0 saturated carbocycles. The summed E-state index contributed by atoms with van der Waals surface area (Å²) in [6.45, 7) is 1.33. The molecule has 1 aliphatic rings. The smallest absolute Gasteiger partial charge is 0.257 e. The molecule has 3 aromatic rings. The fourth-order valence-corrected chi connectivity index (χ4v) is 4.90. The molecule has 0 spiro atoms. The number of para-hydroxylation sites is 1. The van der Waals surface area contributed by atoms with Gasteiger partial charge in [-0.2, -0.15) is 9.40 Å². The highest BCUT2D eigenvalue weighted by atomic mass is 32.2. The van der Waals surface area contributed by atoms with Crippen LogP contribution in [0.25, 0.3) is 5.69 Å². The van der Waals surface area contributed by atoms with Crippen LogP contribution in [0.1, 0.15) is 15.9 Å². The Labute approximate surface area is 170 Å². The maximum atomic E-state index is 12.8. The largest absolute Gasteiger partial charge is 0.336 e. The van der Waals surface area contributed by atoms with Crippen molar-refractivity contribution < 1.29 is 13.2 Å². The summed E-state index contributed by atoms with van der Waals surface area (Å²) >= 11 is 0. The van der Waals surface area contributed by atoms with E-state index in [4.69, 9.17) is 0 Å². The minimum atomic E-state index is -3.40. The molecule has 0 N–H and O–H groups in total. The molecule has 29 heavy (non-hydrogen) atoms. The highest BCUT2D eigenvalue weighted by molar-refractivity contribution is 7.88. The number of carbonyl (C=O) groups is 1. The Kier molecular flexibility index (Phi) is 5.46. The van der Waals surface area contributed by atoms with Gasteiger partial charge < -0.3 is 4.90 Å². The molecule has 1 amide bonds. The van der Waals surface area contributed by atoms with Crippen molar-refractivity contribution in [3.05, 3.63) is 84.2 Å². The van der Waals surface area contributed by atoms with Gasteiger partial charge in [0.05, 0.1) is 23.2 Å². The molecular formula is C21H22N4O3S. The van der Waals surface area contributed by atoms with Crippen LogP contribution in [0, 0.1) is 0 Å². The SMILES string of the molecule is O=C(c1cnn(-c2ccccc2)c1)N1CCN(S(=O)(=O)Cc2ccccc2)CC1. The molecule has 1 saturated heterocycles. The fourth-order valence-electron chi connectivity index (χ4n) is 3.38. The van der Waals surface area contributed by atoms with E-state index in [1.165, 1.54) is 4.31 Å². The number of piperazine rings is 1. The first-order valence-electron chi connectivity index (χ1n) is 9.44. The van der Waals surface area contributed by atoms with Gasteiger partial charge in [-0.05, 0) is 17.7 Å².